The summed E-state index contributed by atoms with van der Waals surface area (Å²) in [5.41, 5.74) is 4.20. The summed E-state index contributed by atoms with van der Waals surface area (Å²) in [7, 11) is 0. The van der Waals surface area contributed by atoms with Crippen LogP contribution in [-0.4, -0.2) is 37.1 Å². The Morgan fingerprint density at radius 1 is 0.944 bits per heavy atom. The van der Waals surface area contributed by atoms with E-state index in [4.69, 9.17) is 0 Å². The van der Waals surface area contributed by atoms with Crippen LogP contribution < -0.4 is 4.90 Å². The predicted molar refractivity (Wildman–Crippen MR) is 77.3 cm³/mol. The second-order valence-corrected chi connectivity index (χ2v) is 5.98. The maximum absolute atomic E-state index is 2.70. The summed E-state index contributed by atoms with van der Waals surface area (Å²) in [6.45, 7) is 9.39. The lowest BCUT2D eigenvalue weighted by Gasteiger charge is -2.45. The molecule has 2 aliphatic heterocycles. The highest BCUT2D eigenvalue weighted by Crippen LogP contribution is 2.26. The second-order valence-electron chi connectivity index (χ2n) is 5.98. The molecule has 2 heterocycles. The van der Waals surface area contributed by atoms with Crippen molar-refractivity contribution in [2.24, 2.45) is 0 Å². The van der Waals surface area contributed by atoms with E-state index >= 15 is 0 Å². The molecule has 0 spiro atoms. The summed E-state index contributed by atoms with van der Waals surface area (Å²) in [5, 5.41) is 0. The first-order chi connectivity index (χ1) is 8.72. The van der Waals surface area contributed by atoms with E-state index in [2.05, 4.69) is 41.8 Å². The molecule has 2 heteroatoms. The fourth-order valence-corrected chi connectivity index (χ4v) is 3.52. The molecule has 1 atom stereocenters. The van der Waals surface area contributed by atoms with Crippen LogP contribution in [-0.2, 0) is 0 Å². The van der Waals surface area contributed by atoms with E-state index < -0.39 is 0 Å². The van der Waals surface area contributed by atoms with Crippen molar-refractivity contribution in [3.63, 3.8) is 0 Å². The molecule has 2 saturated heterocycles. The second kappa shape index (κ2) is 4.93. The van der Waals surface area contributed by atoms with E-state index in [1.165, 1.54) is 62.3 Å². The molecule has 1 aromatic rings. The minimum atomic E-state index is 0.799. The zero-order valence-electron chi connectivity index (χ0n) is 11.7. The van der Waals surface area contributed by atoms with E-state index in [1.54, 1.807) is 0 Å². The third-order valence-electron chi connectivity index (χ3n) is 4.41. The number of piperidine rings is 1. The Labute approximate surface area is 111 Å². The molecule has 0 radical (unpaired) electrons. The average Bonchev–Trinajstić information content (AvgIpc) is 2.37. The van der Waals surface area contributed by atoms with E-state index in [-0.39, 0.29) is 0 Å². The Morgan fingerprint density at radius 3 is 2.50 bits per heavy atom. The van der Waals surface area contributed by atoms with Gasteiger partial charge in [0.2, 0.25) is 0 Å². The zero-order valence-corrected chi connectivity index (χ0v) is 11.7. The van der Waals surface area contributed by atoms with Gasteiger partial charge in [-0.3, -0.25) is 4.90 Å². The fourth-order valence-electron chi connectivity index (χ4n) is 3.52. The first-order valence-electron chi connectivity index (χ1n) is 7.30. The van der Waals surface area contributed by atoms with Crippen molar-refractivity contribution in [1.82, 2.24) is 4.90 Å². The lowest BCUT2D eigenvalue weighted by atomic mass is 9.99. The minimum Gasteiger partial charge on any atom is -0.369 e. The quantitative estimate of drug-likeness (QED) is 0.749. The van der Waals surface area contributed by atoms with Crippen LogP contribution in [0.4, 0.5) is 5.69 Å². The monoisotopic (exact) mass is 244 g/mol. The average molecular weight is 244 g/mol. The summed E-state index contributed by atoms with van der Waals surface area (Å²) in [5.74, 6) is 0. The molecule has 1 unspecified atom stereocenters. The van der Waals surface area contributed by atoms with Gasteiger partial charge in [-0.1, -0.05) is 12.5 Å². The molecule has 0 aromatic heterocycles. The smallest absolute Gasteiger partial charge is 0.0372 e. The van der Waals surface area contributed by atoms with Gasteiger partial charge in [-0.25, -0.2) is 0 Å². The fraction of sp³-hybridized carbons (Fsp3) is 0.625. The van der Waals surface area contributed by atoms with Crippen molar-refractivity contribution in [2.75, 3.05) is 31.1 Å². The van der Waals surface area contributed by atoms with Gasteiger partial charge in [0, 0.05) is 31.4 Å². The minimum absolute atomic E-state index is 0.799. The molecule has 3 rings (SSSR count). The first-order valence-corrected chi connectivity index (χ1v) is 7.30. The lowest BCUT2D eigenvalue weighted by molar-refractivity contribution is 0.133. The number of nitrogens with zero attached hydrogens (tertiary/aromatic N) is 2. The summed E-state index contributed by atoms with van der Waals surface area (Å²) in [6, 6.07) is 7.74. The Bertz CT molecular complexity index is 407. The SMILES string of the molecule is Cc1cc(C)cc(N2CCN3CCCCC3C2)c1. The van der Waals surface area contributed by atoms with Crippen LogP contribution in [0.15, 0.2) is 18.2 Å². The van der Waals surface area contributed by atoms with Crippen molar-refractivity contribution in [2.45, 2.75) is 39.2 Å². The molecule has 2 fully saturated rings. The summed E-state index contributed by atoms with van der Waals surface area (Å²) >= 11 is 0. The molecule has 0 aliphatic carbocycles. The molecule has 1 aromatic carbocycles. The van der Waals surface area contributed by atoms with Crippen molar-refractivity contribution < 1.29 is 0 Å². The van der Waals surface area contributed by atoms with Crippen molar-refractivity contribution in [3.05, 3.63) is 29.3 Å². The van der Waals surface area contributed by atoms with Crippen LogP contribution in [0.2, 0.25) is 0 Å². The van der Waals surface area contributed by atoms with Crippen molar-refractivity contribution >= 4 is 5.69 Å². The maximum atomic E-state index is 2.70. The van der Waals surface area contributed by atoms with Gasteiger partial charge in [0.25, 0.3) is 0 Å². The number of hydrogen-bond donors (Lipinski definition) is 0. The Hall–Kier alpha value is -1.02. The van der Waals surface area contributed by atoms with E-state index in [0.717, 1.165) is 6.04 Å². The number of aryl methyl sites for hydroxylation is 2. The highest BCUT2D eigenvalue weighted by molar-refractivity contribution is 5.51. The van der Waals surface area contributed by atoms with Crippen LogP contribution in [0.1, 0.15) is 30.4 Å². The van der Waals surface area contributed by atoms with E-state index in [1.807, 2.05) is 0 Å². The van der Waals surface area contributed by atoms with Crippen molar-refractivity contribution in [3.8, 4) is 0 Å². The molecule has 0 N–H and O–H groups in total. The Balaban J connectivity index is 1.76. The maximum Gasteiger partial charge on any atom is 0.0372 e. The van der Waals surface area contributed by atoms with Gasteiger partial charge in [0.05, 0.1) is 0 Å². The normalized spacial score (nSPS) is 25.0. The third kappa shape index (κ3) is 2.39. The molecular formula is C16H24N2. The predicted octanol–water partition coefficient (Wildman–Crippen LogP) is 2.98. The van der Waals surface area contributed by atoms with Gasteiger partial charge >= 0.3 is 0 Å². The van der Waals surface area contributed by atoms with E-state index in [9.17, 15) is 0 Å². The molecular weight excluding hydrogens is 220 g/mol. The Morgan fingerprint density at radius 2 is 1.72 bits per heavy atom. The number of rotatable bonds is 1. The third-order valence-corrected chi connectivity index (χ3v) is 4.41. The van der Waals surface area contributed by atoms with E-state index in [0.29, 0.717) is 0 Å². The van der Waals surface area contributed by atoms with Crippen LogP contribution in [0.5, 0.6) is 0 Å². The Kier molecular flexibility index (Phi) is 3.29. The highest BCUT2D eigenvalue weighted by atomic mass is 15.3. The number of anilines is 1. The lowest BCUT2D eigenvalue weighted by Crippen LogP contribution is -2.54. The number of piperazine rings is 1. The molecule has 2 nitrogen and oxygen atoms in total. The summed E-state index contributed by atoms with van der Waals surface area (Å²) < 4.78 is 0. The van der Waals surface area contributed by atoms with Gasteiger partial charge in [-0.05, 0) is 56.5 Å². The highest BCUT2D eigenvalue weighted by Gasteiger charge is 2.28. The molecule has 18 heavy (non-hydrogen) atoms. The largest absolute Gasteiger partial charge is 0.369 e. The van der Waals surface area contributed by atoms with Crippen LogP contribution in [0.25, 0.3) is 0 Å². The number of fused-ring (bicyclic) bond motifs is 1. The summed E-state index contributed by atoms with van der Waals surface area (Å²) in [6.07, 6.45) is 4.21. The topological polar surface area (TPSA) is 6.48 Å². The zero-order chi connectivity index (χ0) is 12.5. The standard InChI is InChI=1S/C16H24N2/c1-13-9-14(2)11-16(10-13)18-8-7-17-6-4-3-5-15(17)12-18/h9-11,15H,3-8,12H2,1-2H3. The molecule has 2 aliphatic rings. The first kappa shape index (κ1) is 12.0. The van der Waals surface area contributed by atoms with Gasteiger partial charge in [0.15, 0.2) is 0 Å². The van der Waals surface area contributed by atoms with Crippen LogP contribution in [0.3, 0.4) is 0 Å². The van der Waals surface area contributed by atoms with Gasteiger partial charge < -0.3 is 4.90 Å². The van der Waals surface area contributed by atoms with Crippen LogP contribution >= 0.6 is 0 Å². The molecule has 0 saturated carbocycles. The molecule has 98 valence electrons. The molecule has 0 bridgehead atoms. The van der Waals surface area contributed by atoms with Gasteiger partial charge in [-0.2, -0.15) is 0 Å². The van der Waals surface area contributed by atoms with Crippen molar-refractivity contribution in [1.29, 1.82) is 0 Å². The number of benzene rings is 1. The van der Waals surface area contributed by atoms with Gasteiger partial charge in [-0.15, -0.1) is 0 Å². The summed E-state index contributed by atoms with van der Waals surface area (Å²) in [4.78, 5) is 5.29. The number of hydrogen-bond acceptors (Lipinski definition) is 2. The van der Waals surface area contributed by atoms with Crippen LogP contribution in [0, 0.1) is 13.8 Å². The molecule has 0 amide bonds. The van der Waals surface area contributed by atoms with Gasteiger partial charge in [0.1, 0.15) is 0 Å².